The fraction of sp³-hybridized carbons (Fsp3) is 0.875. The van der Waals surface area contributed by atoms with Crippen LogP contribution < -0.4 is 0 Å². The molecule has 1 aliphatic carbocycles. The van der Waals surface area contributed by atoms with Crippen molar-refractivity contribution in [3.8, 4) is 0 Å². The molecule has 0 aromatic heterocycles. The van der Waals surface area contributed by atoms with Gasteiger partial charge in [0.2, 0.25) is 0 Å². The van der Waals surface area contributed by atoms with Crippen LogP contribution in [0.1, 0.15) is 25.7 Å². The fourth-order valence-electron chi connectivity index (χ4n) is 1.55. The number of methoxy groups -OCH3 is 1. The van der Waals surface area contributed by atoms with E-state index < -0.39 is 0 Å². The van der Waals surface area contributed by atoms with Crippen molar-refractivity contribution in [2.45, 2.75) is 31.8 Å². The number of carbonyl (C=O) groups is 1. The monoisotopic (exact) mass is 192 g/mol. The maximum atomic E-state index is 11.1. The van der Waals surface area contributed by atoms with Gasteiger partial charge in [0, 0.05) is 0 Å². The summed E-state index contributed by atoms with van der Waals surface area (Å²) in [6.07, 6.45) is 3.47. The third kappa shape index (κ3) is 2.35. The van der Waals surface area contributed by atoms with Crippen molar-refractivity contribution in [1.29, 1.82) is 0 Å². The summed E-state index contributed by atoms with van der Waals surface area (Å²) in [7, 11) is 1.42. The summed E-state index contributed by atoms with van der Waals surface area (Å²) >= 11 is 5.23. The largest absolute Gasteiger partial charge is 0.469 e. The molecule has 70 valence electrons. The van der Waals surface area contributed by atoms with Crippen molar-refractivity contribution in [3.63, 3.8) is 0 Å². The molecule has 0 amide bonds. The van der Waals surface area contributed by atoms with Crippen LogP contribution in [-0.4, -0.2) is 19.2 Å². The highest BCUT2D eigenvalue weighted by Crippen LogP contribution is 2.27. The van der Waals surface area contributed by atoms with Gasteiger partial charge in [-0.25, -0.2) is 0 Å². The first-order valence-electron chi connectivity index (χ1n) is 4.13. The Balaban J connectivity index is 2.30. The van der Waals surface area contributed by atoms with E-state index in [0.29, 0.717) is 0 Å². The third-order valence-corrected chi connectivity index (χ3v) is 2.59. The summed E-state index contributed by atoms with van der Waals surface area (Å²) in [4.78, 5) is 11.1. The van der Waals surface area contributed by atoms with Crippen molar-refractivity contribution < 1.29 is 13.8 Å². The van der Waals surface area contributed by atoms with Crippen LogP contribution in [0.2, 0.25) is 0 Å². The van der Waals surface area contributed by atoms with Crippen molar-refractivity contribution in [2.24, 2.45) is 5.92 Å². The molecule has 0 aromatic carbocycles. The highest BCUT2D eigenvalue weighted by atomic mass is 35.5. The Morgan fingerprint density at radius 3 is 2.33 bits per heavy atom. The predicted octanol–water partition coefficient (Wildman–Crippen LogP) is 1.89. The van der Waals surface area contributed by atoms with Gasteiger partial charge in [0.05, 0.1) is 31.0 Å². The average Bonchev–Trinajstić information content (AvgIpc) is 2.17. The van der Waals surface area contributed by atoms with Crippen LogP contribution in [0.3, 0.4) is 0 Å². The summed E-state index contributed by atoms with van der Waals surface area (Å²) in [5, 5.41) is 0. The van der Waals surface area contributed by atoms with Crippen LogP contribution in [-0.2, 0) is 13.8 Å². The van der Waals surface area contributed by atoms with E-state index in [1.165, 1.54) is 7.11 Å². The van der Waals surface area contributed by atoms with Crippen LogP contribution in [0.4, 0.5) is 0 Å². The molecule has 0 aliphatic heterocycles. The minimum Gasteiger partial charge on any atom is -0.469 e. The highest BCUT2D eigenvalue weighted by molar-refractivity contribution is 6.07. The number of hydrogen-bond acceptors (Lipinski definition) is 3. The van der Waals surface area contributed by atoms with Gasteiger partial charge in [0.1, 0.15) is 0 Å². The zero-order valence-corrected chi connectivity index (χ0v) is 7.84. The van der Waals surface area contributed by atoms with Gasteiger partial charge < -0.3 is 4.74 Å². The van der Waals surface area contributed by atoms with E-state index in [2.05, 4.69) is 9.03 Å². The average molecular weight is 193 g/mol. The first-order chi connectivity index (χ1) is 5.77. The second-order valence-corrected chi connectivity index (χ2v) is 3.26. The Bertz CT molecular complexity index is 152. The molecule has 0 unspecified atom stereocenters. The van der Waals surface area contributed by atoms with E-state index in [9.17, 15) is 4.79 Å². The second kappa shape index (κ2) is 4.67. The number of halogens is 1. The second-order valence-electron chi connectivity index (χ2n) is 3.09. The van der Waals surface area contributed by atoms with Gasteiger partial charge in [0.15, 0.2) is 0 Å². The van der Waals surface area contributed by atoms with E-state index in [-0.39, 0.29) is 18.0 Å². The lowest BCUT2D eigenvalue weighted by atomic mass is 9.88. The van der Waals surface area contributed by atoms with E-state index in [1.54, 1.807) is 0 Å². The Morgan fingerprint density at radius 2 is 1.92 bits per heavy atom. The molecule has 3 nitrogen and oxygen atoms in total. The highest BCUT2D eigenvalue weighted by Gasteiger charge is 2.26. The number of esters is 1. The fourth-order valence-corrected chi connectivity index (χ4v) is 1.73. The number of hydrogen-bond donors (Lipinski definition) is 0. The summed E-state index contributed by atoms with van der Waals surface area (Å²) in [5.74, 6) is -0.0545. The third-order valence-electron chi connectivity index (χ3n) is 2.33. The quantitative estimate of drug-likeness (QED) is 0.627. The van der Waals surface area contributed by atoms with Crippen LogP contribution in [0.25, 0.3) is 0 Å². The molecule has 1 rings (SSSR count). The lowest BCUT2D eigenvalue weighted by molar-refractivity contribution is -0.147. The van der Waals surface area contributed by atoms with Crippen LogP contribution in [0.5, 0.6) is 0 Å². The van der Waals surface area contributed by atoms with Gasteiger partial charge in [-0.1, -0.05) is 0 Å². The van der Waals surface area contributed by atoms with Crippen LogP contribution in [0, 0.1) is 5.92 Å². The van der Waals surface area contributed by atoms with Crippen molar-refractivity contribution in [3.05, 3.63) is 0 Å². The first kappa shape index (κ1) is 9.81. The normalized spacial score (nSPS) is 29.8. The number of rotatable bonds is 2. The lowest BCUT2D eigenvalue weighted by Gasteiger charge is -2.24. The molecular weight excluding hydrogens is 180 g/mol. The topological polar surface area (TPSA) is 35.5 Å². The summed E-state index contributed by atoms with van der Waals surface area (Å²) in [6.45, 7) is 0. The molecule has 1 aliphatic rings. The zero-order valence-electron chi connectivity index (χ0n) is 7.09. The van der Waals surface area contributed by atoms with Crippen molar-refractivity contribution in [2.75, 3.05) is 7.11 Å². The summed E-state index contributed by atoms with van der Waals surface area (Å²) in [6, 6.07) is 0. The standard InChI is InChI=1S/C8H13ClO3/c1-11-8(10)6-2-4-7(12-9)5-3-6/h6-7H,2-5H2,1H3/t6-,7+. The van der Waals surface area contributed by atoms with Crippen molar-refractivity contribution in [1.82, 2.24) is 0 Å². The minimum atomic E-state index is -0.108. The van der Waals surface area contributed by atoms with Gasteiger partial charge in [0.25, 0.3) is 0 Å². The molecule has 0 atom stereocenters. The molecule has 1 saturated carbocycles. The minimum absolute atomic E-state index is 0.0538. The lowest BCUT2D eigenvalue weighted by Crippen LogP contribution is -2.25. The molecule has 0 aromatic rings. The molecule has 0 radical (unpaired) electrons. The van der Waals surface area contributed by atoms with E-state index >= 15 is 0 Å². The molecule has 0 spiro atoms. The van der Waals surface area contributed by atoms with Gasteiger partial charge in [-0.15, -0.1) is 0 Å². The SMILES string of the molecule is COC(=O)[C@H]1CC[C@@H](OCl)CC1. The zero-order chi connectivity index (χ0) is 8.97. The summed E-state index contributed by atoms with van der Waals surface area (Å²) in [5.41, 5.74) is 0. The van der Waals surface area contributed by atoms with Crippen molar-refractivity contribution >= 4 is 17.8 Å². The Morgan fingerprint density at radius 1 is 1.33 bits per heavy atom. The Labute approximate surface area is 77.2 Å². The van der Waals surface area contributed by atoms with E-state index in [0.717, 1.165) is 25.7 Å². The van der Waals surface area contributed by atoms with E-state index in [4.69, 9.17) is 11.9 Å². The van der Waals surface area contributed by atoms with Crippen LogP contribution >= 0.6 is 11.9 Å². The van der Waals surface area contributed by atoms with E-state index in [1.807, 2.05) is 0 Å². The molecule has 0 heterocycles. The Hall–Kier alpha value is -0.280. The van der Waals surface area contributed by atoms with Crippen LogP contribution in [0.15, 0.2) is 0 Å². The maximum Gasteiger partial charge on any atom is 0.308 e. The Kier molecular flexibility index (Phi) is 3.82. The number of ether oxygens (including phenoxy) is 1. The van der Waals surface area contributed by atoms with Gasteiger partial charge >= 0.3 is 5.97 Å². The summed E-state index contributed by atoms with van der Waals surface area (Å²) < 4.78 is 9.32. The molecule has 0 N–H and O–H groups in total. The van der Waals surface area contributed by atoms with Gasteiger partial charge in [-0.2, -0.15) is 0 Å². The van der Waals surface area contributed by atoms with Gasteiger partial charge in [-0.05, 0) is 25.7 Å². The molecular formula is C8H13ClO3. The maximum absolute atomic E-state index is 11.1. The molecule has 12 heavy (non-hydrogen) atoms. The first-order valence-corrected chi connectivity index (χ1v) is 4.44. The molecule has 0 bridgehead atoms. The predicted molar refractivity (Wildman–Crippen MR) is 44.7 cm³/mol. The number of carbonyl (C=O) groups excluding carboxylic acids is 1. The molecule has 0 saturated heterocycles. The molecule has 4 heteroatoms. The smallest absolute Gasteiger partial charge is 0.308 e. The van der Waals surface area contributed by atoms with Gasteiger partial charge in [-0.3, -0.25) is 9.08 Å². The molecule has 1 fully saturated rings.